The van der Waals surface area contributed by atoms with E-state index >= 15 is 0 Å². The molecule has 3 atom stereocenters. The Morgan fingerprint density at radius 3 is 2.67 bits per heavy atom. The molecule has 0 aromatic heterocycles. The maximum absolute atomic E-state index is 4.41. The van der Waals surface area contributed by atoms with E-state index in [0.717, 1.165) is 19.1 Å². The van der Waals surface area contributed by atoms with Gasteiger partial charge in [0.2, 0.25) is 0 Å². The first-order valence-corrected chi connectivity index (χ1v) is 11.5. The second-order valence-electron chi connectivity index (χ2n) is 8.08. The molecule has 1 aromatic carbocycles. The van der Waals surface area contributed by atoms with Crippen LogP contribution in [0.1, 0.15) is 32.6 Å². The molecule has 2 fully saturated rings. The summed E-state index contributed by atoms with van der Waals surface area (Å²) in [6.07, 6.45) is 5.03. The zero-order chi connectivity index (χ0) is 18.5. The van der Waals surface area contributed by atoms with Crippen molar-refractivity contribution in [2.24, 2.45) is 9.63 Å². The van der Waals surface area contributed by atoms with Crippen LogP contribution < -0.4 is 4.90 Å². The summed E-state index contributed by atoms with van der Waals surface area (Å²) in [4.78, 5) is 7.94. The van der Waals surface area contributed by atoms with Crippen LogP contribution in [0.5, 0.6) is 0 Å². The Hall–Kier alpha value is -1.11. The molecule has 2 aliphatic heterocycles. The average molecular weight is 388 g/mol. The maximum atomic E-state index is 4.41. The van der Waals surface area contributed by atoms with Crippen molar-refractivity contribution in [3.05, 3.63) is 30.3 Å². The Balaban J connectivity index is 1.24. The molecule has 0 radical (unpaired) electrons. The largest absolute Gasteiger partial charge is 0.369 e. The minimum absolute atomic E-state index is 0.501. The van der Waals surface area contributed by atoms with Crippen molar-refractivity contribution >= 4 is 17.6 Å². The van der Waals surface area contributed by atoms with Gasteiger partial charge in [-0.15, -0.1) is 4.52 Å². The summed E-state index contributed by atoms with van der Waals surface area (Å²) in [5.74, 6) is 0. The van der Waals surface area contributed by atoms with E-state index in [0.29, 0.717) is 11.3 Å². The molecule has 6 heteroatoms. The molecule has 148 valence electrons. The summed E-state index contributed by atoms with van der Waals surface area (Å²) in [6.45, 7) is 10.6. The highest BCUT2D eigenvalue weighted by molar-refractivity contribution is 7.98. The van der Waals surface area contributed by atoms with Gasteiger partial charge in [-0.3, -0.25) is 9.80 Å². The first-order valence-electron chi connectivity index (χ1n) is 10.7. The first-order chi connectivity index (χ1) is 13.3. The van der Waals surface area contributed by atoms with E-state index in [9.17, 15) is 0 Å². The number of nitrogens with zero attached hydrogens (tertiary/aromatic N) is 5. The summed E-state index contributed by atoms with van der Waals surface area (Å²) in [5, 5.41) is 5.04. The third-order valence-corrected chi connectivity index (χ3v) is 7.30. The minimum atomic E-state index is 0.501. The van der Waals surface area contributed by atoms with Crippen molar-refractivity contribution in [2.75, 3.05) is 50.7 Å². The zero-order valence-electron chi connectivity index (χ0n) is 16.5. The molecule has 1 saturated carbocycles. The maximum Gasteiger partial charge on any atom is 0.0857 e. The summed E-state index contributed by atoms with van der Waals surface area (Å²) in [7, 11) is 0. The van der Waals surface area contributed by atoms with E-state index in [1.54, 1.807) is 11.9 Å². The van der Waals surface area contributed by atoms with Crippen LogP contribution >= 0.6 is 11.9 Å². The Labute approximate surface area is 168 Å². The molecule has 27 heavy (non-hydrogen) atoms. The summed E-state index contributed by atoms with van der Waals surface area (Å²) < 4.78 is 4.23. The highest BCUT2D eigenvalue weighted by Crippen LogP contribution is 2.38. The van der Waals surface area contributed by atoms with Crippen LogP contribution in [0, 0.1) is 0 Å². The van der Waals surface area contributed by atoms with Gasteiger partial charge in [0.25, 0.3) is 0 Å². The second kappa shape index (κ2) is 9.39. The molecule has 4 rings (SSSR count). The highest BCUT2D eigenvalue weighted by Gasteiger charge is 2.36. The number of fused-ring (bicyclic) bond motifs is 1. The SMILES string of the molecule is CCCN(CCN1CCN(c2ccccc2)CC1)C1CCC2N=NSC2C1. The monoisotopic (exact) mass is 387 g/mol. The van der Waals surface area contributed by atoms with Gasteiger partial charge in [0, 0.05) is 62.9 Å². The third kappa shape index (κ3) is 4.84. The fraction of sp³-hybridized carbons (Fsp3) is 0.714. The van der Waals surface area contributed by atoms with Crippen LogP contribution in [0.2, 0.25) is 0 Å². The van der Waals surface area contributed by atoms with Crippen LogP contribution in [-0.2, 0) is 0 Å². The van der Waals surface area contributed by atoms with E-state index in [2.05, 4.69) is 61.6 Å². The van der Waals surface area contributed by atoms with Crippen molar-refractivity contribution in [2.45, 2.75) is 49.9 Å². The molecule has 1 aliphatic carbocycles. The molecule has 1 saturated heterocycles. The minimum Gasteiger partial charge on any atom is -0.369 e. The van der Waals surface area contributed by atoms with Crippen molar-refractivity contribution in [3.8, 4) is 0 Å². The van der Waals surface area contributed by atoms with E-state index in [1.807, 2.05) is 0 Å². The lowest BCUT2D eigenvalue weighted by Crippen LogP contribution is -2.50. The van der Waals surface area contributed by atoms with E-state index in [-0.39, 0.29) is 0 Å². The van der Waals surface area contributed by atoms with Crippen LogP contribution in [0.15, 0.2) is 40.0 Å². The Bertz CT molecular complexity index is 602. The summed E-state index contributed by atoms with van der Waals surface area (Å²) >= 11 is 1.73. The molecular weight excluding hydrogens is 354 g/mol. The fourth-order valence-electron chi connectivity index (χ4n) is 4.72. The van der Waals surface area contributed by atoms with Gasteiger partial charge in [-0.25, -0.2) is 0 Å². The molecule has 5 nitrogen and oxygen atoms in total. The predicted molar refractivity (Wildman–Crippen MR) is 115 cm³/mol. The van der Waals surface area contributed by atoms with E-state index in [1.165, 1.54) is 64.1 Å². The smallest absolute Gasteiger partial charge is 0.0857 e. The molecule has 0 bridgehead atoms. The molecule has 3 unspecified atom stereocenters. The number of piperazine rings is 1. The second-order valence-corrected chi connectivity index (χ2v) is 9.06. The Morgan fingerprint density at radius 1 is 1.07 bits per heavy atom. The zero-order valence-corrected chi connectivity index (χ0v) is 17.4. The highest BCUT2D eigenvalue weighted by atomic mass is 32.2. The lowest BCUT2D eigenvalue weighted by Gasteiger charge is -2.40. The van der Waals surface area contributed by atoms with Crippen LogP contribution in [-0.4, -0.2) is 72.9 Å². The molecule has 0 spiro atoms. The van der Waals surface area contributed by atoms with Gasteiger partial charge in [0.05, 0.1) is 11.3 Å². The van der Waals surface area contributed by atoms with Gasteiger partial charge >= 0.3 is 0 Å². The van der Waals surface area contributed by atoms with E-state index < -0.39 is 0 Å². The first kappa shape index (κ1) is 19.2. The summed E-state index contributed by atoms with van der Waals surface area (Å²) in [5.41, 5.74) is 1.37. The molecule has 2 heterocycles. The standard InChI is InChI=1S/C21H33N5S/c1-2-10-25(19-8-9-20-21(17-19)27-23-22-20)14-11-24-12-15-26(16-13-24)18-6-4-3-5-7-18/h3-7,19-21H,2,8-17H2,1H3. The number of rotatable bonds is 7. The van der Waals surface area contributed by atoms with Crippen molar-refractivity contribution < 1.29 is 0 Å². The number of anilines is 1. The fourth-order valence-corrected chi connectivity index (χ4v) is 5.66. The Kier molecular flexibility index (Phi) is 6.69. The topological polar surface area (TPSA) is 34.4 Å². The Morgan fingerprint density at radius 2 is 1.89 bits per heavy atom. The van der Waals surface area contributed by atoms with Gasteiger partial charge < -0.3 is 4.90 Å². The lowest BCUT2D eigenvalue weighted by molar-refractivity contribution is 0.128. The van der Waals surface area contributed by atoms with Crippen molar-refractivity contribution in [3.63, 3.8) is 0 Å². The van der Waals surface area contributed by atoms with Gasteiger partial charge in [-0.2, -0.15) is 5.11 Å². The third-order valence-electron chi connectivity index (χ3n) is 6.33. The van der Waals surface area contributed by atoms with Gasteiger partial charge in [-0.1, -0.05) is 25.1 Å². The lowest BCUT2D eigenvalue weighted by atomic mass is 9.90. The molecule has 0 amide bonds. The predicted octanol–water partition coefficient (Wildman–Crippen LogP) is 3.92. The molecule has 3 aliphatic rings. The summed E-state index contributed by atoms with van der Waals surface area (Å²) in [6, 6.07) is 12.1. The number of para-hydroxylation sites is 1. The molecule has 0 N–H and O–H groups in total. The molecule has 1 aromatic rings. The van der Waals surface area contributed by atoms with Crippen LogP contribution in [0.25, 0.3) is 0 Å². The number of benzene rings is 1. The van der Waals surface area contributed by atoms with Gasteiger partial charge in [0.1, 0.15) is 0 Å². The van der Waals surface area contributed by atoms with Gasteiger partial charge in [-0.05, 0) is 44.4 Å². The van der Waals surface area contributed by atoms with Crippen molar-refractivity contribution in [1.82, 2.24) is 9.80 Å². The van der Waals surface area contributed by atoms with Crippen LogP contribution in [0.3, 0.4) is 0 Å². The average Bonchev–Trinajstić information content (AvgIpc) is 3.20. The van der Waals surface area contributed by atoms with Crippen LogP contribution in [0.4, 0.5) is 5.69 Å². The number of hydrogen-bond acceptors (Lipinski definition) is 6. The normalized spacial score (nSPS) is 28.7. The number of hydrogen-bond donors (Lipinski definition) is 0. The molecular formula is C21H33N5S. The van der Waals surface area contributed by atoms with Gasteiger partial charge in [0.15, 0.2) is 0 Å². The van der Waals surface area contributed by atoms with Crippen molar-refractivity contribution in [1.29, 1.82) is 0 Å². The quantitative estimate of drug-likeness (QED) is 0.664. The van der Waals surface area contributed by atoms with E-state index in [4.69, 9.17) is 0 Å².